The molecule has 0 unspecified atom stereocenters. The van der Waals surface area contributed by atoms with Crippen LogP contribution in [0, 0.1) is 0 Å². The van der Waals surface area contributed by atoms with Crippen molar-refractivity contribution in [2.75, 3.05) is 0 Å². The predicted molar refractivity (Wildman–Crippen MR) is 34.6 cm³/mol. The van der Waals surface area contributed by atoms with E-state index in [9.17, 15) is 4.79 Å². The molecule has 3 N–H and O–H groups in total. The molecule has 10 heavy (non-hydrogen) atoms. The van der Waals surface area contributed by atoms with Gasteiger partial charge in [0.25, 0.3) is 0 Å². The van der Waals surface area contributed by atoms with Crippen LogP contribution in [0.3, 0.4) is 0 Å². The van der Waals surface area contributed by atoms with Crippen LogP contribution in [0.2, 0.25) is 0 Å². The zero-order valence-electron chi connectivity index (χ0n) is 6.03. The van der Waals surface area contributed by atoms with E-state index in [1.807, 2.05) is 0 Å². The maximum absolute atomic E-state index is 10.3. The lowest BCUT2D eigenvalue weighted by Crippen LogP contribution is -2.47. The number of rotatable bonds is 3. The Labute approximate surface area is 59.1 Å². The van der Waals surface area contributed by atoms with Gasteiger partial charge in [-0.25, -0.2) is 4.79 Å². The summed E-state index contributed by atoms with van der Waals surface area (Å²) in [6, 6.07) is 0. The minimum absolute atomic E-state index is 0. The Morgan fingerprint density at radius 3 is 2.10 bits per heavy atom. The quantitative estimate of drug-likeness (QED) is 0.508. The number of carboxylic acids is 1. The lowest BCUT2D eigenvalue weighted by Gasteiger charge is -2.24. The molecule has 0 aromatic rings. The van der Waals surface area contributed by atoms with Crippen molar-refractivity contribution in [3.63, 3.8) is 0 Å². The smallest absolute Gasteiger partial charge is 0.338 e. The molecule has 0 bridgehead atoms. The van der Waals surface area contributed by atoms with Crippen LogP contribution in [0.4, 0.5) is 0 Å². The molecule has 0 rings (SSSR count). The highest BCUT2D eigenvalue weighted by atomic mass is 16.4. The SMILES string of the molecule is CC[C@](O)(C(=O)O)[C@H](C)O. The maximum atomic E-state index is 10.3. The molecular weight excluding hydrogens is 136 g/mol. The Bertz CT molecular complexity index is 132. The number of aliphatic carboxylic acids is 1. The van der Waals surface area contributed by atoms with Crippen LogP contribution >= 0.6 is 0 Å². The molecule has 0 aliphatic rings. The second-order valence-electron chi connectivity index (χ2n) is 2.26. The molecule has 0 heterocycles. The molecule has 0 spiro atoms. The molecule has 0 aromatic carbocycles. The molecule has 4 heteroatoms. The van der Waals surface area contributed by atoms with Gasteiger partial charge < -0.3 is 15.3 Å². The van der Waals surface area contributed by atoms with Crippen LogP contribution in [-0.2, 0) is 4.79 Å². The summed E-state index contributed by atoms with van der Waals surface area (Å²) in [5, 5.41) is 26.3. The first-order chi connectivity index (χ1) is 4.45. The van der Waals surface area contributed by atoms with Gasteiger partial charge >= 0.3 is 5.97 Å². The van der Waals surface area contributed by atoms with Gasteiger partial charge in [0, 0.05) is 0 Å². The van der Waals surface area contributed by atoms with Crippen LogP contribution in [-0.4, -0.2) is 33.0 Å². The van der Waals surface area contributed by atoms with Crippen LogP contribution in [0.25, 0.3) is 0 Å². The molecule has 60 valence electrons. The number of carbonyl (C=O) groups is 1. The summed E-state index contributed by atoms with van der Waals surface area (Å²) in [7, 11) is 0. The molecule has 0 radical (unpaired) electrons. The fourth-order valence-electron chi connectivity index (χ4n) is 0.625. The van der Waals surface area contributed by atoms with E-state index in [1.165, 1.54) is 13.8 Å². The zero-order valence-corrected chi connectivity index (χ0v) is 6.03. The van der Waals surface area contributed by atoms with Crippen LogP contribution in [0.15, 0.2) is 0 Å². The van der Waals surface area contributed by atoms with E-state index < -0.39 is 17.7 Å². The van der Waals surface area contributed by atoms with Crippen molar-refractivity contribution in [2.24, 2.45) is 0 Å². The number of aliphatic hydroxyl groups excluding tert-OH is 1. The first kappa shape index (κ1) is 9.39. The van der Waals surface area contributed by atoms with Gasteiger partial charge in [-0.1, -0.05) is 6.92 Å². The lowest BCUT2D eigenvalue weighted by molar-refractivity contribution is -0.170. The molecule has 0 aliphatic carbocycles. The fraction of sp³-hybridized carbons (Fsp3) is 0.833. The minimum atomic E-state index is -1.99. The fourth-order valence-corrected chi connectivity index (χ4v) is 0.625. The standard InChI is InChI=1S/C6H12O4/c1-3-6(10,4(2)7)5(8)9/h4,7,10H,3H2,1-2H3,(H,8,9)/t4-,6+/m0/s1. The first-order valence-electron chi connectivity index (χ1n) is 3.09. The van der Waals surface area contributed by atoms with Crippen LogP contribution in [0.1, 0.15) is 20.3 Å². The first-order valence-corrected chi connectivity index (χ1v) is 3.09. The summed E-state index contributed by atoms with van der Waals surface area (Å²) in [6.07, 6.45) is -1.24. The third-order valence-corrected chi connectivity index (χ3v) is 1.60. The summed E-state index contributed by atoms with van der Waals surface area (Å²) in [5.41, 5.74) is -1.99. The van der Waals surface area contributed by atoms with E-state index in [0.29, 0.717) is 0 Å². The van der Waals surface area contributed by atoms with Crippen molar-refractivity contribution in [3.05, 3.63) is 0 Å². The highest BCUT2D eigenvalue weighted by Crippen LogP contribution is 2.14. The van der Waals surface area contributed by atoms with E-state index in [4.69, 9.17) is 15.3 Å². The molecule has 0 saturated heterocycles. The highest BCUT2D eigenvalue weighted by molar-refractivity contribution is 5.77. The Kier molecular flexibility index (Phi) is 2.80. The van der Waals surface area contributed by atoms with E-state index in [2.05, 4.69) is 0 Å². The van der Waals surface area contributed by atoms with E-state index in [-0.39, 0.29) is 6.42 Å². The molecule has 0 saturated carbocycles. The van der Waals surface area contributed by atoms with Gasteiger partial charge in [-0.05, 0) is 13.3 Å². The van der Waals surface area contributed by atoms with Gasteiger partial charge in [-0.3, -0.25) is 0 Å². The monoisotopic (exact) mass is 148 g/mol. The molecule has 0 aliphatic heterocycles. The zero-order chi connectivity index (χ0) is 8.36. The normalized spacial score (nSPS) is 19.6. The average molecular weight is 148 g/mol. The summed E-state index contributed by atoms with van der Waals surface area (Å²) < 4.78 is 0. The third-order valence-electron chi connectivity index (χ3n) is 1.60. The Morgan fingerprint density at radius 2 is 2.10 bits per heavy atom. The summed E-state index contributed by atoms with van der Waals surface area (Å²) >= 11 is 0. The van der Waals surface area contributed by atoms with Crippen molar-refractivity contribution in [1.29, 1.82) is 0 Å². The van der Waals surface area contributed by atoms with Crippen LogP contribution < -0.4 is 0 Å². The molecular formula is C6H12O4. The van der Waals surface area contributed by atoms with Gasteiger partial charge in [0.15, 0.2) is 5.60 Å². The van der Waals surface area contributed by atoms with E-state index in [0.717, 1.165) is 0 Å². The number of hydrogen-bond acceptors (Lipinski definition) is 3. The highest BCUT2D eigenvalue weighted by Gasteiger charge is 2.38. The number of aliphatic hydroxyl groups is 2. The summed E-state index contributed by atoms with van der Waals surface area (Å²) in [5.74, 6) is -1.38. The van der Waals surface area contributed by atoms with Gasteiger partial charge in [-0.15, -0.1) is 0 Å². The van der Waals surface area contributed by atoms with Crippen molar-refractivity contribution in [3.8, 4) is 0 Å². The lowest BCUT2D eigenvalue weighted by atomic mass is 9.95. The average Bonchev–Trinajstić information content (AvgIpc) is 1.85. The third kappa shape index (κ3) is 1.46. The molecule has 2 atom stereocenters. The molecule has 0 amide bonds. The second-order valence-corrected chi connectivity index (χ2v) is 2.26. The van der Waals surface area contributed by atoms with E-state index >= 15 is 0 Å². The van der Waals surface area contributed by atoms with Crippen LogP contribution in [0.5, 0.6) is 0 Å². The minimum Gasteiger partial charge on any atom is -0.479 e. The van der Waals surface area contributed by atoms with Crippen molar-refractivity contribution < 1.29 is 20.1 Å². The van der Waals surface area contributed by atoms with Gasteiger partial charge in [0.2, 0.25) is 0 Å². The summed E-state index contributed by atoms with van der Waals surface area (Å²) in [4.78, 5) is 10.3. The van der Waals surface area contributed by atoms with Crippen molar-refractivity contribution in [1.82, 2.24) is 0 Å². The molecule has 4 nitrogen and oxygen atoms in total. The van der Waals surface area contributed by atoms with Gasteiger partial charge in [0.05, 0.1) is 6.10 Å². The second kappa shape index (κ2) is 2.98. The Hall–Kier alpha value is -0.610. The van der Waals surface area contributed by atoms with Crippen molar-refractivity contribution in [2.45, 2.75) is 32.0 Å². The maximum Gasteiger partial charge on any atom is 0.338 e. The van der Waals surface area contributed by atoms with E-state index in [1.54, 1.807) is 0 Å². The number of hydrogen-bond donors (Lipinski definition) is 3. The largest absolute Gasteiger partial charge is 0.479 e. The number of carboxylic acid groups (broad SMARTS) is 1. The predicted octanol–water partition coefficient (Wildman–Crippen LogP) is -0.407. The Morgan fingerprint density at radius 1 is 1.70 bits per heavy atom. The molecule has 0 fully saturated rings. The van der Waals surface area contributed by atoms with Gasteiger partial charge in [-0.2, -0.15) is 0 Å². The topological polar surface area (TPSA) is 77.8 Å². The Balaban J connectivity index is 4.38. The summed E-state index contributed by atoms with van der Waals surface area (Å²) in [6.45, 7) is 2.75. The molecule has 0 aromatic heterocycles. The van der Waals surface area contributed by atoms with Crippen molar-refractivity contribution >= 4 is 5.97 Å². The van der Waals surface area contributed by atoms with Gasteiger partial charge in [0.1, 0.15) is 0 Å².